The van der Waals surface area contributed by atoms with Crippen molar-refractivity contribution in [1.29, 1.82) is 5.26 Å². The van der Waals surface area contributed by atoms with Crippen molar-refractivity contribution < 1.29 is 17.9 Å². The highest BCUT2D eigenvalue weighted by atomic mass is 32.2. The number of aromatic nitrogens is 1. The van der Waals surface area contributed by atoms with E-state index in [4.69, 9.17) is 4.74 Å². The number of amides is 1. The molecule has 2 aromatic rings. The van der Waals surface area contributed by atoms with Gasteiger partial charge in [-0.3, -0.25) is 4.79 Å². The lowest BCUT2D eigenvalue weighted by Crippen LogP contribution is -2.14. The average molecular weight is 416 g/mol. The molecule has 0 spiro atoms. The van der Waals surface area contributed by atoms with E-state index in [2.05, 4.69) is 9.88 Å². The fourth-order valence-corrected chi connectivity index (χ4v) is 3.86. The number of ether oxygens (including phenoxy) is 1. The molecule has 1 aromatic heterocycles. The second-order valence-electron chi connectivity index (χ2n) is 6.53. The Labute approximate surface area is 171 Å². The van der Waals surface area contributed by atoms with Gasteiger partial charge in [-0.15, -0.1) is 0 Å². The zero-order valence-corrected chi connectivity index (χ0v) is 17.8. The highest BCUT2D eigenvalue weighted by Gasteiger charge is 2.15. The number of aryl methyl sites for hydroxylation is 1. The maximum absolute atomic E-state index is 12.6. The Hall–Kier alpha value is -2.89. The lowest BCUT2D eigenvalue weighted by molar-refractivity contribution is -0.112. The first-order chi connectivity index (χ1) is 13.7. The van der Waals surface area contributed by atoms with Gasteiger partial charge in [0.1, 0.15) is 11.6 Å². The third kappa shape index (κ3) is 5.34. The summed E-state index contributed by atoms with van der Waals surface area (Å²) >= 11 is 0. The molecular formula is C21H25N3O4S. The van der Waals surface area contributed by atoms with Crippen LogP contribution in [0.2, 0.25) is 0 Å². The first kappa shape index (κ1) is 22.4. The van der Waals surface area contributed by atoms with Gasteiger partial charge < -0.3 is 14.6 Å². The van der Waals surface area contributed by atoms with Gasteiger partial charge in [-0.25, -0.2) is 8.42 Å². The molecule has 1 N–H and O–H groups in total. The molecule has 29 heavy (non-hydrogen) atoms. The van der Waals surface area contributed by atoms with Crippen molar-refractivity contribution in [3.8, 4) is 6.07 Å². The van der Waals surface area contributed by atoms with Crippen LogP contribution in [-0.2, 0) is 25.9 Å². The van der Waals surface area contributed by atoms with Crippen molar-refractivity contribution in [3.05, 3.63) is 52.9 Å². The largest absolute Gasteiger partial charge is 0.383 e. The van der Waals surface area contributed by atoms with E-state index in [1.54, 1.807) is 26.2 Å². The molecule has 1 aromatic carbocycles. The molecule has 0 radical (unpaired) electrons. The Bertz CT molecular complexity index is 1080. The summed E-state index contributed by atoms with van der Waals surface area (Å²) in [6, 6.07) is 9.83. The number of hydrogen-bond donors (Lipinski definition) is 1. The van der Waals surface area contributed by atoms with Crippen LogP contribution in [0.15, 0.2) is 40.8 Å². The molecule has 2 rings (SSSR count). The predicted octanol–water partition coefficient (Wildman–Crippen LogP) is 3.09. The molecule has 7 nitrogen and oxygen atoms in total. The number of nitriles is 1. The minimum atomic E-state index is -3.39. The smallest absolute Gasteiger partial charge is 0.266 e. The van der Waals surface area contributed by atoms with Gasteiger partial charge in [0.05, 0.1) is 17.3 Å². The fraction of sp³-hybridized carbons (Fsp3) is 0.333. The van der Waals surface area contributed by atoms with Crippen LogP contribution in [0.3, 0.4) is 0 Å². The molecule has 0 aliphatic rings. The maximum atomic E-state index is 12.6. The van der Waals surface area contributed by atoms with Crippen LogP contribution < -0.4 is 5.32 Å². The van der Waals surface area contributed by atoms with E-state index >= 15 is 0 Å². The zero-order chi connectivity index (χ0) is 21.6. The summed E-state index contributed by atoms with van der Waals surface area (Å²) in [5.41, 5.74) is 2.95. The number of carbonyl (C=O) groups is 1. The molecule has 0 aliphatic carbocycles. The molecule has 0 aliphatic heterocycles. The molecule has 0 bridgehead atoms. The molecule has 0 saturated carbocycles. The SMILES string of the molecule is CCS(=O)(=O)c1cccc(NC(=O)/C(C#N)=C/c2cc(C)n(CCOC)c2C)c1. The van der Waals surface area contributed by atoms with E-state index in [0.717, 1.165) is 17.0 Å². The summed E-state index contributed by atoms with van der Waals surface area (Å²) in [4.78, 5) is 12.7. The monoisotopic (exact) mass is 415 g/mol. The van der Waals surface area contributed by atoms with Gasteiger partial charge in [-0.2, -0.15) is 5.26 Å². The Morgan fingerprint density at radius 3 is 2.66 bits per heavy atom. The standard InChI is InChI=1S/C21H25N3O4S/c1-5-29(26,27)20-8-6-7-19(13-20)23-21(25)18(14-22)12-17-11-15(2)24(16(17)3)9-10-28-4/h6-8,11-13H,5,9-10H2,1-4H3,(H,23,25)/b18-12+. The third-order valence-electron chi connectivity index (χ3n) is 4.63. The number of sulfone groups is 1. The van der Waals surface area contributed by atoms with E-state index < -0.39 is 15.7 Å². The molecule has 0 saturated heterocycles. The van der Waals surface area contributed by atoms with Gasteiger partial charge in [0.15, 0.2) is 9.84 Å². The first-order valence-electron chi connectivity index (χ1n) is 9.15. The molecule has 0 atom stereocenters. The zero-order valence-electron chi connectivity index (χ0n) is 17.0. The number of benzene rings is 1. The number of rotatable bonds is 8. The molecular weight excluding hydrogens is 390 g/mol. The Morgan fingerprint density at radius 1 is 1.31 bits per heavy atom. The molecule has 1 heterocycles. The highest BCUT2D eigenvalue weighted by molar-refractivity contribution is 7.91. The topological polar surface area (TPSA) is 101 Å². The summed E-state index contributed by atoms with van der Waals surface area (Å²) < 4.78 is 31.2. The van der Waals surface area contributed by atoms with Crippen LogP contribution in [0.5, 0.6) is 0 Å². The number of nitrogens with zero attached hydrogens (tertiary/aromatic N) is 2. The molecule has 1 amide bonds. The summed E-state index contributed by atoms with van der Waals surface area (Å²) in [5, 5.41) is 12.1. The van der Waals surface area contributed by atoms with Gasteiger partial charge >= 0.3 is 0 Å². The second kappa shape index (κ2) is 9.54. The highest BCUT2D eigenvalue weighted by Crippen LogP contribution is 2.20. The first-order valence-corrected chi connectivity index (χ1v) is 10.8. The third-order valence-corrected chi connectivity index (χ3v) is 6.36. The number of carbonyl (C=O) groups excluding carboxylic acids is 1. The average Bonchev–Trinajstić information content (AvgIpc) is 2.97. The maximum Gasteiger partial charge on any atom is 0.266 e. The molecule has 8 heteroatoms. The van der Waals surface area contributed by atoms with Crippen molar-refractivity contribution in [1.82, 2.24) is 4.57 Å². The van der Waals surface area contributed by atoms with E-state index in [1.165, 1.54) is 18.2 Å². The van der Waals surface area contributed by atoms with Crippen LogP contribution in [0.4, 0.5) is 5.69 Å². The normalized spacial score (nSPS) is 11.9. The Morgan fingerprint density at radius 2 is 2.03 bits per heavy atom. The Kier molecular flexibility index (Phi) is 7.37. The van der Waals surface area contributed by atoms with Crippen LogP contribution in [-0.4, -0.2) is 38.4 Å². The van der Waals surface area contributed by atoms with Crippen molar-refractivity contribution in [3.63, 3.8) is 0 Å². The van der Waals surface area contributed by atoms with Crippen molar-refractivity contribution in [2.24, 2.45) is 0 Å². The minimum Gasteiger partial charge on any atom is -0.383 e. The van der Waals surface area contributed by atoms with E-state index in [9.17, 15) is 18.5 Å². The van der Waals surface area contributed by atoms with Crippen molar-refractivity contribution in [2.45, 2.75) is 32.2 Å². The Balaban J connectivity index is 2.29. The molecule has 154 valence electrons. The van der Waals surface area contributed by atoms with Crippen LogP contribution >= 0.6 is 0 Å². The fourth-order valence-electron chi connectivity index (χ4n) is 2.94. The van der Waals surface area contributed by atoms with Gasteiger partial charge in [-0.05, 0) is 49.8 Å². The van der Waals surface area contributed by atoms with Gasteiger partial charge in [0.25, 0.3) is 5.91 Å². The number of anilines is 1. The number of methoxy groups -OCH3 is 1. The van der Waals surface area contributed by atoms with Crippen molar-refractivity contribution in [2.75, 3.05) is 24.8 Å². The van der Waals surface area contributed by atoms with Gasteiger partial charge in [0, 0.05) is 30.7 Å². The van der Waals surface area contributed by atoms with E-state index in [0.29, 0.717) is 18.8 Å². The lowest BCUT2D eigenvalue weighted by atomic mass is 10.1. The van der Waals surface area contributed by atoms with Crippen LogP contribution in [0.25, 0.3) is 6.08 Å². The summed E-state index contributed by atoms with van der Waals surface area (Å²) in [6.45, 7) is 6.66. The quantitative estimate of drug-likeness (QED) is 0.527. The van der Waals surface area contributed by atoms with Crippen LogP contribution in [0, 0.1) is 25.2 Å². The second-order valence-corrected chi connectivity index (χ2v) is 8.80. The summed E-state index contributed by atoms with van der Waals surface area (Å²) in [6.07, 6.45) is 1.54. The summed E-state index contributed by atoms with van der Waals surface area (Å²) in [7, 11) is -1.76. The molecule has 0 fully saturated rings. The number of nitrogens with one attached hydrogen (secondary N) is 1. The van der Waals surface area contributed by atoms with Gasteiger partial charge in [-0.1, -0.05) is 13.0 Å². The number of hydrogen-bond acceptors (Lipinski definition) is 5. The van der Waals surface area contributed by atoms with Crippen molar-refractivity contribution >= 4 is 27.5 Å². The minimum absolute atomic E-state index is 0.0353. The van der Waals surface area contributed by atoms with Gasteiger partial charge in [0.2, 0.25) is 0 Å². The lowest BCUT2D eigenvalue weighted by Gasteiger charge is -2.09. The van der Waals surface area contributed by atoms with E-state index in [-0.39, 0.29) is 16.2 Å². The summed E-state index contributed by atoms with van der Waals surface area (Å²) in [5.74, 6) is -0.632. The molecule has 0 unspecified atom stereocenters. The predicted molar refractivity (Wildman–Crippen MR) is 112 cm³/mol. The van der Waals surface area contributed by atoms with Crippen LogP contribution in [0.1, 0.15) is 23.9 Å². The van der Waals surface area contributed by atoms with E-state index in [1.807, 2.05) is 26.0 Å².